The molecule has 0 aromatic carbocycles. The molecule has 0 saturated carbocycles. The number of esters is 2. The van der Waals surface area contributed by atoms with Crippen LogP contribution in [0.3, 0.4) is 0 Å². The second-order valence-corrected chi connectivity index (χ2v) is 6.91. The number of carbonyl (C=O) groups excluding carboxylic acids is 3. The number of Topliss-reactive ketones (excluding diaryl/α,β-unsaturated/α-hetero) is 1. The van der Waals surface area contributed by atoms with Crippen LogP contribution < -0.4 is 0 Å². The highest BCUT2D eigenvalue weighted by molar-refractivity contribution is 6.18. The van der Waals surface area contributed by atoms with Gasteiger partial charge in [-0.25, -0.2) is 4.79 Å². The van der Waals surface area contributed by atoms with Crippen LogP contribution in [-0.4, -0.2) is 42.1 Å². The fraction of sp³-hybridized carbons (Fsp3) is 0.706. The molecule has 6 heteroatoms. The van der Waals surface area contributed by atoms with Crippen molar-refractivity contribution >= 4 is 17.7 Å². The molecule has 2 heterocycles. The van der Waals surface area contributed by atoms with Crippen molar-refractivity contribution in [3.8, 4) is 0 Å². The monoisotopic (exact) mass is 322 g/mol. The Kier molecular flexibility index (Phi) is 3.83. The van der Waals surface area contributed by atoms with Crippen molar-refractivity contribution in [1.29, 1.82) is 0 Å². The summed E-state index contributed by atoms with van der Waals surface area (Å²) in [5, 5.41) is 0. The van der Waals surface area contributed by atoms with Gasteiger partial charge in [-0.1, -0.05) is 0 Å². The van der Waals surface area contributed by atoms with Crippen molar-refractivity contribution in [2.75, 3.05) is 13.2 Å². The van der Waals surface area contributed by atoms with Crippen molar-refractivity contribution in [3.63, 3.8) is 0 Å². The second kappa shape index (κ2) is 5.44. The first-order valence-corrected chi connectivity index (χ1v) is 8.09. The molecule has 3 rings (SSSR count). The highest BCUT2D eigenvalue weighted by Gasteiger charge is 2.53. The largest absolute Gasteiger partial charge is 0.462 e. The molecule has 0 N–H and O–H groups in total. The van der Waals surface area contributed by atoms with Crippen molar-refractivity contribution in [3.05, 3.63) is 11.1 Å². The Morgan fingerprint density at radius 2 is 2.00 bits per heavy atom. The van der Waals surface area contributed by atoms with Gasteiger partial charge in [-0.3, -0.25) is 9.59 Å². The first kappa shape index (κ1) is 16.2. The molecule has 23 heavy (non-hydrogen) atoms. The van der Waals surface area contributed by atoms with Crippen molar-refractivity contribution < 1.29 is 28.6 Å². The summed E-state index contributed by atoms with van der Waals surface area (Å²) in [7, 11) is 0. The summed E-state index contributed by atoms with van der Waals surface area (Å²) < 4.78 is 16.2. The van der Waals surface area contributed by atoms with Crippen LogP contribution in [0.2, 0.25) is 0 Å². The molecule has 3 atom stereocenters. The van der Waals surface area contributed by atoms with Crippen LogP contribution in [0.4, 0.5) is 0 Å². The quantitative estimate of drug-likeness (QED) is 0.447. The number of ketones is 1. The van der Waals surface area contributed by atoms with Crippen LogP contribution in [0.1, 0.15) is 46.5 Å². The minimum Gasteiger partial charge on any atom is -0.462 e. The van der Waals surface area contributed by atoms with Gasteiger partial charge in [-0.15, -0.1) is 0 Å². The third-order valence-corrected chi connectivity index (χ3v) is 5.19. The van der Waals surface area contributed by atoms with E-state index in [4.69, 9.17) is 14.2 Å². The molecular formula is C17H22O6. The van der Waals surface area contributed by atoms with Crippen molar-refractivity contribution in [2.45, 2.75) is 57.7 Å². The molecule has 0 aromatic heterocycles. The third-order valence-electron chi connectivity index (χ3n) is 5.19. The molecule has 126 valence electrons. The van der Waals surface area contributed by atoms with E-state index in [1.54, 1.807) is 13.8 Å². The van der Waals surface area contributed by atoms with E-state index in [2.05, 4.69) is 0 Å². The van der Waals surface area contributed by atoms with Gasteiger partial charge in [0, 0.05) is 12.3 Å². The van der Waals surface area contributed by atoms with Gasteiger partial charge in [0.2, 0.25) is 0 Å². The number of rotatable bonds is 3. The van der Waals surface area contributed by atoms with Crippen molar-refractivity contribution in [2.24, 2.45) is 5.92 Å². The van der Waals surface area contributed by atoms with E-state index in [1.165, 1.54) is 0 Å². The SMILES string of the molecule is CCOC(=O)C1=C2C[C@H](C3(C)CO3)CC(=O)O[C@@]2(C)CCC1=O. The summed E-state index contributed by atoms with van der Waals surface area (Å²) >= 11 is 0. The van der Waals surface area contributed by atoms with Gasteiger partial charge in [0.25, 0.3) is 0 Å². The molecule has 6 nitrogen and oxygen atoms in total. The van der Waals surface area contributed by atoms with Crippen molar-refractivity contribution in [1.82, 2.24) is 0 Å². The molecule has 0 radical (unpaired) electrons. The lowest BCUT2D eigenvalue weighted by Crippen LogP contribution is -2.40. The summed E-state index contributed by atoms with van der Waals surface area (Å²) in [6, 6.07) is 0. The van der Waals surface area contributed by atoms with Crippen LogP contribution in [0.5, 0.6) is 0 Å². The number of hydrogen-bond acceptors (Lipinski definition) is 6. The summed E-state index contributed by atoms with van der Waals surface area (Å²) in [6.07, 6.45) is 1.26. The summed E-state index contributed by atoms with van der Waals surface area (Å²) in [4.78, 5) is 36.9. The summed E-state index contributed by atoms with van der Waals surface area (Å²) in [5.74, 6) is -1.24. The number of fused-ring (bicyclic) bond motifs is 1. The Balaban J connectivity index is 2.06. The topological polar surface area (TPSA) is 82.2 Å². The first-order chi connectivity index (χ1) is 10.8. The van der Waals surface area contributed by atoms with Crippen LogP contribution in [0.15, 0.2) is 11.1 Å². The minimum absolute atomic E-state index is 0.0737. The molecular weight excluding hydrogens is 300 g/mol. The molecule has 2 saturated heterocycles. The fourth-order valence-corrected chi connectivity index (χ4v) is 3.53. The van der Waals surface area contributed by atoms with Gasteiger partial charge < -0.3 is 14.2 Å². The number of carbonyl (C=O) groups is 3. The van der Waals surface area contributed by atoms with E-state index >= 15 is 0 Å². The molecule has 2 fully saturated rings. The lowest BCUT2D eigenvalue weighted by Gasteiger charge is -2.35. The Hall–Kier alpha value is -1.69. The molecule has 3 aliphatic rings. The van der Waals surface area contributed by atoms with Gasteiger partial charge in [0.15, 0.2) is 5.78 Å². The van der Waals surface area contributed by atoms with Crippen LogP contribution in [-0.2, 0) is 28.6 Å². The normalized spacial score (nSPS) is 36.9. The first-order valence-electron chi connectivity index (χ1n) is 8.09. The number of ether oxygens (including phenoxy) is 3. The standard InChI is InChI=1S/C17H22O6/c1-4-21-15(20)14-11-7-10(17(3)9-22-17)8-13(19)23-16(11,2)6-5-12(14)18/h10H,4-9H2,1-3H3/t10-,16-,17?/m0/s1. The second-order valence-electron chi connectivity index (χ2n) is 6.91. The Morgan fingerprint density at radius 3 is 2.61 bits per heavy atom. The maximum atomic E-state index is 12.3. The molecule has 1 aliphatic carbocycles. The lowest BCUT2D eigenvalue weighted by molar-refractivity contribution is -0.157. The van der Waals surface area contributed by atoms with E-state index in [-0.39, 0.29) is 48.3 Å². The zero-order chi connectivity index (χ0) is 16.8. The molecule has 2 aliphatic heterocycles. The van der Waals surface area contributed by atoms with Gasteiger partial charge in [0.1, 0.15) is 11.2 Å². The Bertz CT molecular complexity index is 600. The molecule has 0 aromatic rings. The van der Waals surface area contributed by atoms with E-state index in [9.17, 15) is 14.4 Å². The van der Waals surface area contributed by atoms with Crippen LogP contribution in [0, 0.1) is 5.92 Å². The molecule has 1 unspecified atom stereocenters. The number of hydrogen-bond donors (Lipinski definition) is 0. The van der Waals surface area contributed by atoms with Gasteiger partial charge >= 0.3 is 11.9 Å². The van der Waals surface area contributed by atoms with E-state index < -0.39 is 11.6 Å². The van der Waals surface area contributed by atoms with Gasteiger partial charge in [0.05, 0.1) is 25.2 Å². The maximum Gasteiger partial charge on any atom is 0.341 e. The smallest absolute Gasteiger partial charge is 0.341 e. The molecule has 0 amide bonds. The van der Waals surface area contributed by atoms with E-state index in [0.717, 1.165) is 0 Å². The fourth-order valence-electron chi connectivity index (χ4n) is 3.53. The molecule has 0 spiro atoms. The van der Waals surface area contributed by atoms with E-state index in [0.29, 0.717) is 25.0 Å². The minimum atomic E-state index is -0.910. The lowest BCUT2D eigenvalue weighted by atomic mass is 9.74. The van der Waals surface area contributed by atoms with Gasteiger partial charge in [-0.2, -0.15) is 0 Å². The average Bonchev–Trinajstić information content (AvgIpc) is 3.22. The summed E-state index contributed by atoms with van der Waals surface area (Å²) in [6.45, 7) is 6.21. The highest BCUT2D eigenvalue weighted by Crippen LogP contribution is 2.48. The zero-order valence-electron chi connectivity index (χ0n) is 13.8. The highest BCUT2D eigenvalue weighted by atomic mass is 16.6. The predicted molar refractivity (Wildman–Crippen MR) is 79.5 cm³/mol. The van der Waals surface area contributed by atoms with Crippen LogP contribution >= 0.6 is 0 Å². The van der Waals surface area contributed by atoms with Crippen LogP contribution in [0.25, 0.3) is 0 Å². The third kappa shape index (κ3) is 2.80. The zero-order valence-corrected chi connectivity index (χ0v) is 13.8. The average molecular weight is 322 g/mol. The number of epoxide rings is 1. The Morgan fingerprint density at radius 1 is 1.30 bits per heavy atom. The summed E-state index contributed by atoms with van der Waals surface area (Å²) in [5.41, 5.74) is -0.616. The van der Waals surface area contributed by atoms with Gasteiger partial charge in [-0.05, 0) is 39.2 Å². The maximum absolute atomic E-state index is 12.3. The molecule has 0 bridgehead atoms. The Labute approximate surface area is 135 Å². The predicted octanol–water partition coefficient (Wildman–Crippen LogP) is 1.71. The van der Waals surface area contributed by atoms with E-state index in [1.807, 2.05) is 6.92 Å².